The van der Waals surface area contributed by atoms with Gasteiger partial charge < -0.3 is 9.80 Å². The molecule has 2 heterocycles. The van der Waals surface area contributed by atoms with Gasteiger partial charge >= 0.3 is 0 Å². The lowest BCUT2D eigenvalue weighted by Gasteiger charge is -2.21. The van der Waals surface area contributed by atoms with Gasteiger partial charge in [-0.05, 0) is 30.2 Å². The van der Waals surface area contributed by atoms with Crippen molar-refractivity contribution in [3.8, 4) is 0 Å². The number of carbonyl (C=O) groups is 2. The number of carbonyl (C=O) groups excluding carboxylic acids is 2. The van der Waals surface area contributed by atoms with E-state index in [0.29, 0.717) is 31.7 Å². The summed E-state index contributed by atoms with van der Waals surface area (Å²) >= 11 is 0. The molecule has 5 nitrogen and oxygen atoms in total. The van der Waals surface area contributed by atoms with E-state index in [9.17, 15) is 9.59 Å². The van der Waals surface area contributed by atoms with Crippen LogP contribution in [-0.4, -0.2) is 52.8 Å². The van der Waals surface area contributed by atoms with Gasteiger partial charge in [0.05, 0.1) is 5.56 Å². The smallest absolute Gasteiger partial charge is 0.255 e. The van der Waals surface area contributed by atoms with Crippen LogP contribution in [0.15, 0.2) is 60.9 Å². The highest BCUT2D eigenvalue weighted by Gasteiger charge is 2.21. The molecule has 1 fully saturated rings. The number of hydrogen-bond donors (Lipinski definition) is 0. The normalized spacial score (nSPS) is 15.2. The van der Waals surface area contributed by atoms with Gasteiger partial charge in [0.15, 0.2) is 0 Å². The van der Waals surface area contributed by atoms with Crippen molar-refractivity contribution in [2.45, 2.75) is 6.42 Å². The van der Waals surface area contributed by atoms with Gasteiger partial charge in [0, 0.05) is 44.6 Å². The maximum Gasteiger partial charge on any atom is 0.255 e. The zero-order valence-electron chi connectivity index (χ0n) is 14.0. The molecule has 0 spiro atoms. The van der Waals surface area contributed by atoms with E-state index < -0.39 is 0 Å². The molecule has 0 unspecified atom stereocenters. The van der Waals surface area contributed by atoms with Crippen LogP contribution < -0.4 is 0 Å². The summed E-state index contributed by atoms with van der Waals surface area (Å²) in [6, 6.07) is 13.3. The SMILES string of the molecule is O=C(/C=C/c1ccccc1)N1CCCN(C(=O)c2cccnc2)CC1. The minimum absolute atomic E-state index is 0.0143. The second-order valence-electron chi connectivity index (χ2n) is 5.96. The van der Waals surface area contributed by atoms with Crippen molar-refractivity contribution in [1.82, 2.24) is 14.8 Å². The second-order valence-corrected chi connectivity index (χ2v) is 5.96. The standard InChI is InChI=1S/C20H21N3O2/c24-19(10-9-17-6-2-1-3-7-17)22-12-5-13-23(15-14-22)20(25)18-8-4-11-21-16-18/h1-4,6-11,16H,5,12-15H2/b10-9+. The Bertz CT molecular complexity index is 744. The first-order valence-corrected chi connectivity index (χ1v) is 8.45. The molecule has 25 heavy (non-hydrogen) atoms. The highest BCUT2D eigenvalue weighted by Crippen LogP contribution is 2.10. The van der Waals surface area contributed by atoms with Gasteiger partial charge in [0.25, 0.3) is 5.91 Å². The van der Waals surface area contributed by atoms with E-state index in [1.165, 1.54) is 0 Å². The minimum Gasteiger partial charge on any atom is -0.337 e. The largest absolute Gasteiger partial charge is 0.337 e. The van der Waals surface area contributed by atoms with Crippen molar-refractivity contribution < 1.29 is 9.59 Å². The summed E-state index contributed by atoms with van der Waals surface area (Å²) in [5.41, 5.74) is 1.59. The zero-order chi connectivity index (χ0) is 17.5. The molecule has 128 valence electrons. The summed E-state index contributed by atoms with van der Waals surface area (Å²) in [5.74, 6) is -0.0400. The fraction of sp³-hybridized carbons (Fsp3) is 0.250. The maximum absolute atomic E-state index is 12.5. The molecule has 5 heteroatoms. The third kappa shape index (κ3) is 4.53. The number of pyridine rings is 1. The summed E-state index contributed by atoms with van der Waals surface area (Å²) in [4.78, 5) is 32.5. The van der Waals surface area contributed by atoms with Crippen LogP contribution in [0.2, 0.25) is 0 Å². The molecule has 0 atom stereocenters. The van der Waals surface area contributed by atoms with Crippen molar-refractivity contribution in [2.75, 3.05) is 26.2 Å². The van der Waals surface area contributed by atoms with Gasteiger partial charge in [-0.25, -0.2) is 0 Å². The topological polar surface area (TPSA) is 53.5 Å². The van der Waals surface area contributed by atoms with E-state index in [0.717, 1.165) is 12.0 Å². The first-order chi connectivity index (χ1) is 12.2. The molecule has 2 amide bonds. The number of aromatic nitrogens is 1. The maximum atomic E-state index is 12.5. The lowest BCUT2D eigenvalue weighted by atomic mass is 10.2. The van der Waals surface area contributed by atoms with Gasteiger partial charge in [-0.3, -0.25) is 14.6 Å². The molecule has 0 saturated carbocycles. The quantitative estimate of drug-likeness (QED) is 0.810. The lowest BCUT2D eigenvalue weighted by molar-refractivity contribution is -0.125. The number of benzene rings is 1. The van der Waals surface area contributed by atoms with Crippen molar-refractivity contribution in [2.24, 2.45) is 0 Å². The van der Waals surface area contributed by atoms with Gasteiger partial charge in [-0.2, -0.15) is 0 Å². The van der Waals surface area contributed by atoms with Gasteiger partial charge in [-0.1, -0.05) is 30.3 Å². The number of nitrogens with zero attached hydrogens (tertiary/aromatic N) is 3. The summed E-state index contributed by atoms with van der Waals surface area (Å²) in [6.45, 7) is 2.40. The molecule has 0 radical (unpaired) electrons. The Morgan fingerprint density at radius 1 is 0.920 bits per heavy atom. The Kier molecular flexibility index (Phi) is 5.57. The Morgan fingerprint density at radius 3 is 2.44 bits per heavy atom. The molecule has 0 N–H and O–H groups in total. The number of hydrogen-bond acceptors (Lipinski definition) is 3. The molecule has 3 rings (SSSR count). The van der Waals surface area contributed by atoms with E-state index in [1.807, 2.05) is 36.4 Å². The highest BCUT2D eigenvalue weighted by atomic mass is 16.2. The van der Waals surface area contributed by atoms with Crippen molar-refractivity contribution >= 4 is 17.9 Å². The highest BCUT2D eigenvalue weighted by molar-refractivity contribution is 5.94. The summed E-state index contributed by atoms with van der Waals surface area (Å²) in [6.07, 6.45) is 7.44. The molecule has 1 saturated heterocycles. The molecular weight excluding hydrogens is 314 g/mol. The van der Waals surface area contributed by atoms with Crippen LogP contribution in [0.5, 0.6) is 0 Å². The molecule has 0 aliphatic carbocycles. The Hall–Kier alpha value is -2.95. The fourth-order valence-electron chi connectivity index (χ4n) is 2.85. The average molecular weight is 335 g/mol. The number of rotatable bonds is 3. The zero-order valence-corrected chi connectivity index (χ0v) is 14.0. The van der Waals surface area contributed by atoms with Crippen molar-refractivity contribution in [3.05, 3.63) is 72.1 Å². The summed E-state index contributed by atoms with van der Waals surface area (Å²) in [7, 11) is 0. The Morgan fingerprint density at radius 2 is 1.68 bits per heavy atom. The van der Waals surface area contributed by atoms with Crippen LogP contribution in [0.3, 0.4) is 0 Å². The van der Waals surface area contributed by atoms with Gasteiger partial charge in [0.1, 0.15) is 0 Å². The van der Waals surface area contributed by atoms with Gasteiger partial charge in [-0.15, -0.1) is 0 Å². The predicted octanol–water partition coefficient (Wildman–Crippen LogP) is 2.47. The monoisotopic (exact) mass is 335 g/mol. The third-order valence-electron chi connectivity index (χ3n) is 4.22. The van der Waals surface area contributed by atoms with E-state index in [1.54, 1.807) is 40.4 Å². The Labute approximate surface area is 147 Å². The molecule has 1 aromatic heterocycles. The third-order valence-corrected chi connectivity index (χ3v) is 4.22. The predicted molar refractivity (Wildman–Crippen MR) is 96.8 cm³/mol. The average Bonchev–Trinajstić information content (AvgIpc) is 2.93. The molecule has 1 aromatic carbocycles. The van der Waals surface area contributed by atoms with Crippen molar-refractivity contribution in [1.29, 1.82) is 0 Å². The van der Waals surface area contributed by atoms with E-state index in [2.05, 4.69) is 4.98 Å². The molecule has 2 aromatic rings. The van der Waals surface area contributed by atoms with Crippen LogP contribution in [-0.2, 0) is 4.79 Å². The number of amides is 2. The van der Waals surface area contributed by atoms with Gasteiger partial charge in [0.2, 0.25) is 5.91 Å². The second kappa shape index (κ2) is 8.24. The summed E-state index contributed by atoms with van der Waals surface area (Å²) < 4.78 is 0. The molecule has 0 bridgehead atoms. The molecule has 1 aliphatic heterocycles. The molecular formula is C20H21N3O2. The first kappa shape index (κ1) is 16.9. The van der Waals surface area contributed by atoms with Crippen LogP contribution in [0.4, 0.5) is 0 Å². The molecule has 1 aliphatic rings. The van der Waals surface area contributed by atoms with Crippen molar-refractivity contribution in [3.63, 3.8) is 0 Å². The van der Waals surface area contributed by atoms with E-state index >= 15 is 0 Å². The minimum atomic E-state index is -0.0257. The van der Waals surface area contributed by atoms with Crippen LogP contribution >= 0.6 is 0 Å². The Balaban J connectivity index is 1.59. The van der Waals surface area contributed by atoms with Crippen LogP contribution in [0.1, 0.15) is 22.3 Å². The summed E-state index contributed by atoms with van der Waals surface area (Å²) in [5, 5.41) is 0. The van der Waals surface area contributed by atoms with Crippen LogP contribution in [0, 0.1) is 0 Å². The van der Waals surface area contributed by atoms with Crippen LogP contribution in [0.25, 0.3) is 6.08 Å². The fourth-order valence-corrected chi connectivity index (χ4v) is 2.85. The van der Waals surface area contributed by atoms with E-state index in [-0.39, 0.29) is 11.8 Å². The van der Waals surface area contributed by atoms with E-state index in [4.69, 9.17) is 0 Å². The first-order valence-electron chi connectivity index (χ1n) is 8.45. The lowest BCUT2D eigenvalue weighted by Crippen LogP contribution is -2.36.